The number of allylic oxidation sites excluding steroid dienone is 1. The van der Waals surface area contributed by atoms with Crippen molar-refractivity contribution < 1.29 is 19.0 Å². The fourth-order valence-corrected chi connectivity index (χ4v) is 2.20. The molecule has 0 aliphatic heterocycles. The minimum atomic E-state index is -0.290. The van der Waals surface area contributed by atoms with E-state index in [4.69, 9.17) is 14.2 Å². The van der Waals surface area contributed by atoms with E-state index in [9.17, 15) is 4.79 Å². The topological polar surface area (TPSA) is 44.8 Å². The van der Waals surface area contributed by atoms with E-state index in [0.29, 0.717) is 12.4 Å². The Morgan fingerprint density at radius 1 is 0.920 bits per heavy atom. The highest BCUT2D eigenvalue weighted by molar-refractivity contribution is 5.72. The van der Waals surface area contributed by atoms with Gasteiger partial charge in [0.2, 0.25) is 6.79 Å². The molecule has 132 valence electrons. The number of esters is 1. The average Bonchev–Trinajstić information content (AvgIpc) is 2.63. The van der Waals surface area contributed by atoms with Crippen molar-refractivity contribution in [3.63, 3.8) is 0 Å². The summed E-state index contributed by atoms with van der Waals surface area (Å²) in [5, 5.41) is 0. The Labute approximate surface area is 149 Å². The second kappa shape index (κ2) is 9.52. The molecule has 0 saturated carbocycles. The van der Waals surface area contributed by atoms with Crippen LogP contribution in [0.5, 0.6) is 11.5 Å². The van der Waals surface area contributed by atoms with Crippen molar-refractivity contribution in [3.8, 4) is 22.6 Å². The fraction of sp³-hybridized carbons (Fsp3) is 0.286. The number of rotatable bonds is 8. The van der Waals surface area contributed by atoms with Crippen LogP contribution in [0.25, 0.3) is 11.1 Å². The third kappa shape index (κ3) is 5.99. The van der Waals surface area contributed by atoms with Gasteiger partial charge in [0.25, 0.3) is 0 Å². The Morgan fingerprint density at radius 3 is 1.92 bits per heavy atom. The quantitative estimate of drug-likeness (QED) is 0.386. The molecule has 0 amide bonds. The lowest BCUT2D eigenvalue weighted by atomic mass is 10.1. The number of hydrogen-bond donors (Lipinski definition) is 0. The standard InChI is InChI=1S/C21H24O4/c1-4-16(3)14-21(22)25-15-24-20-12-8-18(9-13-20)17-6-10-19(11-7-17)23-5-2/h4,6-13H,5,14-15H2,1-3H3. The maximum Gasteiger partial charge on any atom is 0.312 e. The molecule has 0 atom stereocenters. The third-order valence-electron chi connectivity index (χ3n) is 3.71. The number of ether oxygens (including phenoxy) is 3. The summed E-state index contributed by atoms with van der Waals surface area (Å²) < 4.78 is 16.0. The molecule has 0 heterocycles. The van der Waals surface area contributed by atoms with Crippen molar-refractivity contribution in [2.24, 2.45) is 0 Å². The summed E-state index contributed by atoms with van der Waals surface area (Å²) in [7, 11) is 0. The molecule has 0 aliphatic carbocycles. The van der Waals surface area contributed by atoms with E-state index in [1.807, 2.05) is 75.4 Å². The average molecular weight is 340 g/mol. The summed E-state index contributed by atoms with van der Waals surface area (Å²) >= 11 is 0. The summed E-state index contributed by atoms with van der Waals surface area (Å²) in [5.74, 6) is 1.23. The lowest BCUT2D eigenvalue weighted by molar-refractivity contribution is -0.149. The predicted molar refractivity (Wildman–Crippen MR) is 98.7 cm³/mol. The second-order valence-electron chi connectivity index (χ2n) is 5.57. The van der Waals surface area contributed by atoms with Crippen LogP contribution >= 0.6 is 0 Å². The van der Waals surface area contributed by atoms with Crippen LogP contribution in [0.4, 0.5) is 0 Å². The van der Waals surface area contributed by atoms with E-state index in [0.717, 1.165) is 22.4 Å². The first kappa shape index (κ1) is 18.6. The zero-order valence-electron chi connectivity index (χ0n) is 15.0. The minimum absolute atomic E-state index is 0.0851. The number of hydrogen-bond acceptors (Lipinski definition) is 4. The summed E-state index contributed by atoms with van der Waals surface area (Å²) in [6.45, 7) is 6.32. The van der Waals surface area contributed by atoms with Gasteiger partial charge in [-0.15, -0.1) is 0 Å². The van der Waals surface area contributed by atoms with Crippen LogP contribution < -0.4 is 9.47 Å². The van der Waals surface area contributed by atoms with Gasteiger partial charge in [-0.2, -0.15) is 0 Å². The van der Waals surface area contributed by atoms with Gasteiger partial charge in [-0.3, -0.25) is 4.79 Å². The highest BCUT2D eigenvalue weighted by Gasteiger charge is 2.04. The largest absolute Gasteiger partial charge is 0.494 e. The van der Waals surface area contributed by atoms with E-state index in [2.05, 4.69) is 0 Å². The maximum absolute atomic E-state index is 11.6. The van der Waals surface area contributed by atoms with Gasteiger partial charge >= 0.3 is 5.97 Å². The normalized spacial score (nSPS) is 11.1. The maximum atomic E-state index is 11.6. The van der Waals surface area contributed by atoms with Gasteiger partial charge in [0.1, 0.15) is 11.5 Å². The van der Waals surface area contributed by atoms with Gasteiger partial charge in [0.15, 0.2) is 0 Å². The van der Waals surface area contributed by atoms with Crippen LogP contribution in [-0.4, -0.2) is 19.4 Å². The molecule has 2 aromatic carbocycles. The molecule has 4 nitrogen and oxygen atoms in total. The van der Waals surface area contributed by atoms with Crippen molar-refractivity contribution in [1.29, 1.82) is 0 Å². The molecule has 0 saturated heterocycles. The summed E-state index contributed by atoms with van der Waals surface area (Å²) in [6, 6.07) is 15.6. The van der Waals surface area contributed by atoms with E-state index < -0.39 is 0 Å². The molecule has 0 spiro atoms. The van der Waals surface area contributed by atoms with Crippen LogP contribution in [0.15, 0.2) is 60.2 Å². The van der Waals surface area contributed by atoms with E-state index in [1.54, 1.807) is 0 Å². The Hall–Kier alpha value is -2.75. The number of carbonyl (C=O) groups excluding carboxylic acids is 1. The molecule has 4 heteroatoms. The molecule has 25 heavy (non-hydrogen) atoms. The fourth-order valence-electron chi connectivity index (χ4n) is 2.20. The van der Waals surface area contributed by atoms with Gasteiger partial charge in [-0.25, -0.2) is 0 Å². The predicted octanol–water partition coefficient (Wildman–Crippen LogP) is 4.99. The number of carbonyl (C=O) groups is 1. The SMILES string of the molecule is CC=C(C)CC(=O)OCOc1ccc(-c2ccc(OCC)cc2)cc1. The molecule has 0 bridgehead atoms. The zero-order valence-corrected chi connectivity index (χ0v) is 15.0. The van der Waals surface area contributed by atoms with Gasteiger partial charge in [0, 0.05) is 0 Å². The van der Waals surface area contributed by atoms with Crippen molar-refractivity contribution >= 4 is 5.97 Å². The van der Waals surface area contributed by atoms with E-state index >= 15 is 0 Å². The summed E-state index contributed by atoms with van der Waals surface area (Å²) in [5.41, 5.74) is 3.16. The summed E-state index contributed by atoms with van der Waals surface area (Å²) in [4.78, 5) is 11.6. The third-order valence-corrected chi connectivity index (χ3v) is 3.71. The molecular formula is C21H24O4. The molecule has 0 radical (unpaired) electrons. The smallest absolute Gasteiger partial charge is 0.312 e. The van der Waals surface area contributed by atoms with Crippen molar-refractivity contribution in [2.45, 2.75) is 27.2 Å². The lowest BCUT2D eigenvalue weighted by Crippen LogP contribution is -2.10. The van der Waals surface area contributed by atoms with Gasteiger partial charge in [-0.05, 0) is 56.2 Å². The Morgan fingerprint density at radius 2 is 1.44 bits per heavy atom. The van der Waals surface area contributed by atoms with E-state index in [-0.39, 0.29) is 19.2 Å². The van der Waals surface area contributed by atoms with Crippen LogP contribution in [-0.2, 0) is 9.53 Å². The first-order valence-electron chi connectivity index (χ1n) is 8.36. The van der Waals surface area contributed by atoms with Crippen LogP contribution in [0.1, 0.15) is 27.2 Å². The highest BCUT2D eigenvalue weighted by atomic mass is 16.7. The Bertz CT molecular complexity index is 700. The first-order chi connectivity index (χ1) is 12.1. The monoisotopic (exact) mass is 340 g/mol. The summed E-state index contributed by atoms with van der Waals surface area (Å²) in [6.07, 6.45) is 2.18. The molecule has 2 rings (SSSR count). The van der Waals surface area contributed by atoms with Crippen molar-refractivity contribution in [3.05, 3.63) is 60.2 Å². The molecule has 0 fully saturated rings. The lowest BCUT2D eigenvalue weighted by Gasteiger charge is -2.09. The second-order valence-corrected chi connectivity index (χ2v) is 5.57. The molecule has 2 aromatic rings. The van der Waals surface area contributed by atoms with Gasteiger partial charge in [-0.1, -0.05) is 35.9 Å². The zero-order chi connectivity index (χ0) is 18.1. The first-order valence-corrected chi connectivity index (χ1v) is 8.36. The van der Waals surface area contributed by atoms with Crippen LogP contribution in [0.3, 0.4) is 0 Å². The van der Waals surface area contributed by atoms with Gasteiger partial charge < -0.3 is 14.2 Å². The molecule has 0 unspecified atom stereocenters. The van der Waals surface area contributed by atoms with Crippen LogP contribution in [0.2, 0.25) is 0 Å². The molecular weight excluding hydrogens is 316 g/mol. The Balaban J connectivity index is 1.86. The van der Waals surface area contributed by atoms with Crippen LogP contribution in [0, 0.1) is 0 Å². The molecule has 0 N–H and O–H groups in total. The van der Waals surface area contributed by atoms with Gasteiger partial charge in [0.05, 0.1) is 13.0 Å². The van der Waals surface area contributed by atoms with Crippen molar-refractivity contribution in [2.75, 3.05) is 13.4 Å². The molecule has 0 aromatic heterocycles. The molecule has 0 aliphatic rings. The van der Waals surface area contributed by atoms with Crippen molar-refractivity contribution in [1.82, 2.24) is 0 Å². The van der Waals surface area contributed by atoms with E-state index in [1.165, 1.54) is 0 Å². The minimum Gasteiger partial charge on any atom is -0.494 e. The number of benzene rings is 2. The highest BCUT2D eigenvalue weighted by Crippen LogP contribution is 2.24. The Kier molecular flexibility index (Phi) is 7.08.